The van der Waals surface area contributed by atoms with E-state index in [1.54, 1.807) is 12.1 Å². The third-order valence-electron chi connectivity index (χ3n) is 7.97. The zero-order valence-electron chi connectivity index (χ0n) is 21.8. The first-order valence-corrected chi connectivity index (χ1v) is 13.5. The lowest BCUT2D eigenvalue weighted by Gasteiger charge is -2.19. The summed E-state index contributed by atoms with van der Waals surface area (Å²) in [6.07, 6.45) is 5.19. The maximum atomic E-state index is 10.8. The van der Waals surface area contributed by atoms with Gasteiger partial charge in [0.25, 0.3) is 0 Å². The average Bonchev–Trinajstić information content (AvgIpc) is 2.92. The monoisotopic (exact) mass is 488 g/mol. The Hall–Kier alpha value is -3.78. The van der Waals surface area contributed by atoms with E-state index in [1.807, 2.05) is 6.07 Å². The van der Waals surface area contributed by atoms with E-state index in [-0.39, 0.29) is 0 Å². The number of benzene rings is 5. The van der Waals surface area contributed by atoms with Gasteiger partial charge in [-0.05, 0) is 99.2 Å². The van der Waals surface area contributed by atoms with Crippen molar-refractivity contribution in [3.05, 3.63) is 119 Å². The predicted molar refractivity (Wildman–Crippen MR) is 156 cm³/mol. The fourth-order valence-electron chi connectivity index (χ4n) is 5.73. The fraction of sp³-hybridized carbons (Fsp3) is 0.257. The minimum atomic E-state index is 0.326. The number of rotatable bonds is 9. The maximum absolute atomic E-state index is 10.8. The van der Waals surface area contributed by atoms with Crippen molar-refractivity contribution in [1.82, 2.24) is 0 Å². The van der Waals surface area contributed by atoms with E-state index in [2.05, 4.69) is 92.7 Å². The first-order chi connectivity index (χ1) is 18.0. The molecule has 37 heavy (non-hydrogen) atoms. The normalized spacial score (nSPS) is 13.1. The molecule has 2 nitrogen and oxygen atoms in total. The summed E-state index contributed by atoms with van der Waals surface area (Å²) in [6, 6.07) is 33.2. The summed E-state index contributed by atoms with van der Waals surface area (Å²) in [7, 11) is 0. The van der Waals surface area contributed by atoms with Gasteiger partial charge < -0.3 is 10.2 Å². The third-order valence-corrected chi connectivity index (χ3v) is 7.97. The summed E-state index contributed by atoms with van der Waals surface area (Å²) < 4.78 is 0. The number of aromatic hydroxyl groups is 2. The SMILES string of the molecule is CCC(CCCC(C)c1ccc(O)c(Cc2c3ccccc3cc3ccccc23)c1)c1ccc(O)cc1. The molecule has 0 fully saturated rings. The van der Waals surface area contributed by atoms with Crippen molar-refractivity contribution in [1.29, 1.82) is 0 Å². The molecule has 0 bridgehead atoms. The minimum absolute atomic E-state index is 0.326. The van der Waals surface area contributed by atoms with Gasteiger partial charge >= 0.3 is 0 Å². The smallest absolute Gasteiger partial charge is 0.119 e. The quantitative estimate of drug-likeness (QED) is 0.203. The molecule has 0 saturated heterocycles. The Labute approximate surface area is 220 Å². The zero-order chi connectivity index (χ0) is 25.8. The molecule has 0 heterocycles. The molecule has 2 N–H and O–H groups in total. The van der Waals surface area contributed by atoms with Gasteiger partial charge in [0, 0.05) is 6.42 Å². The number of hydrogen-bond acceptors (Lipinski definition) is 2. The molecule has 0 aliphatic carbocycles. The Kier molecular flexibility index (Phi) is 7.46. The second-order valence-electron chi connectivity index (χ2n) is 10.4. The van der Waals surface area contributed by atoms with Crippen LogP contribution in [0, 0.1) is 0 Å². The standard InChI is InChI=1S/C35H36O2/c1-3-25(26-15-18-31(36)19-16-26)12-8-9-24(2)27-17-20-35(37)30(21-27)23-34-32-13-6-4-10-28(32)22-29-11-5-7-14-33(29)34/h4-7,10-11,13-22,24-25,36-37H,3,8-9,12,23H2,1-2H3. The van der Waals surface area contributed by atoms with Crippen molar-refractivity contribution < 1.29 is 10.2 Å². The van der Waals surface area contributed by atoms with Crippen molar-refractivity contribution >= 4 is 21.5 Å². The van der Waals surface area contributed by atoms with Crippen molar-refractivity contribution in [2.24, 2.45) is 0 Å². The van der Waals surface area contributed by atoms with Crippen LogP contribution >= 0.6 is 0 Å². The second-order valence-corrected chi connectivity index (χ2v) is 10.4. The average molecular weight is 489 g/mol. The fourth-order valence-corrected chi connectivity index (χ4v) is 5.73. The third kappa shape index (κ3) is 5.49. The highest BCUT2D eigenvalue weighted by atomic mass is 16.3. The molecule has 5 rings (SSSR count). The molecule has 5 aromatic rings. The highest BCUT2D eigenvalue weighted by Crippen LogP contribution is 2.35. The number of fused-ring (bicyclic) bond motifs is 2. The molecule has 0 spiro atoms. The molecule has 0 saturated carbocycles. The van der Waals surface area contributed by atoms with Crippen LogP contribution < -0.4 is 0 Å². The molecule has 188 valence electrons. The molecule has 2 heteroatoms. The molecule has 0 amide bonds. The Balaban J connectivity index is 1.35. The Bertz CT molecular complexity index is 1450. The van der Waals surface area contributed by atoms with Gasteiger partial charge in [-0.25, -0.2) is 0 Å². The minimum Gasteiger partial charge on any atom is -0.508 e. The van der Waals surface area contributed by atoms with E-state index >= 15 is 0 Å². The van der Waals surface area contributed by atoms with Crippen LogP contribution in [-0.4, -0.2) is 10.2 Å². The van der Waals surface area contributed by atoms with Crippen LogP contribution in [0.25, 0.3) is 21.5 Å². The molecule has 0 aliphatic rings. The molecule has 2 unspecified atom stereocenters. The Morgan fingerprint density at radius 1 is 0.676 bits per heavy atom. The van der Waals surface area contributed by atoms with Gasteiger partial charge in [0.15, 0.2) is 0 Å². The van der Waals surface area contributed by atoms with Crippen LogP contribution in [0.15, 0.2) is 97.1 Å². The van der Waals surface area contributed by atoms with Gasteiger partial charge in [0.05, 0.1) is 0 Å². The topological polar surface area (TPSA) is 40.5 Å². The predicted octanol–water partition coefficient (Wildman–Crippen LogP) is 9.46. The highest BCUT2D eigenvalue weighted by molar-refractivity contribution is 6.02. The van der Waals surface area contributed by atoms with Gasteiger partial charge in [0.1, 0.15) is 11.5 Å². The summed E-state index contributed by atoms with van der Waals surface area (Å²) >= 11 is 0. The van der Waals surface area contributed by atoms with Crippen molar-refractivity contribution in [3.8, 4) is 11.5 Å². The zero-order valence-corrected chi connectivity index (χ0v) is 21.8. The van der Waals surface area contributed by atoms with Crippen LogP contribution in [0.4, 0.5) is 0 Å². The maximum Gasteiger partial charge on any atom is 0.119 e. The largest absolute Gasteiger partial charge is 0.508 e. The van der Waals surface area contributed by atoms with Gasteiger partial charge in [-0.2, -0.15) is 0 Å². The first kappa shape index (κ1) is 24.9. The van der Waals surface area contributed by atoms with Crippen LogP contribution in [0.5, 0.6) is 11.5 Å². The van der Waals surface area contributed by atoms with Crippen LogP contribution in [0.3, 0.4) is 0 Å². The molecule has 0 radical (unpaired) electrons. The van der Waals surface area contributed by atoms with Crippen molar-refractivity contribution in [2.75, 3.05) is 0 Å². The van der Waals surface area contributed by atoms with Gasteiger partial charge in [-0.1, -0.05) is 93.1 Å². The summed E-state index contributed by atoms with van der Waals surface area (Å²) in [4.78, 5) is 0. The lowest BCUT2D eigenvalue weighted by molar-refractivity contribution is 0.468. The molecular weight excluding hydrogens is 452 g/mol. The highest BCUT2D eigenvalue weighted by Gasteiger charge is 2.15. The molecule has 0 aliphatic heterocycles. The van der Waals surface area contributed by atoms with E-state index < -0.39 is 0 Å². The first-order valence-electron chi connectivity index (χ1n) is 13.5. The van der Waals surface area contributed by atoms with Gasteiger partial charge in [0.2, 0.25) is 0 Å². The van der Waals surface area contributed by atoms with Crippen molar-refractivity contribution in [2.45, 2.75) is 57.8 Å². The Morgan fingerprint density at radius 3 is 1.95 bits per heavy atom. The summed E-state index contributed by atoms with van der Waals surface area (Å²) in [6.45, 7) is 4.54. The number of phenols is 2. The van der Waals surface area contributed by atoms with Crippen LogP contribution in [-0.2, 0) is 6.42 Å². The molecule has 2 atom stereocenters. The molecule has 0 aromatic heterocycles. The van der Waals surface area contributed by atoms with E-state index in [0.717, 1.165) is 31.2 Å². The number of hydrogen-bond donors (Lipinski definition) is 2. The van der Waals surface area contributed by atoms with E-state index in [1.165, 1.54) is 38.2 Å². The van der Waals surface area contributed by atoms with Crippen molar-refractivity contribution in [3.63, 3.8) is 0 Å². The summed E-state index contributed by atoms with van der Waals surface area (Å²) in [5.74, 6) is 1.63. The number of phenolic OH excluding ortho intramolecular Hbond substituents is 2. The lowest BCUT2D eigenvalue weighted by atomic mass is 9.87. The van der Waals surface area contributed by atoms with E-state index in [0.29, 0.717) is 29.8 Å². The lowest BCUT2D eigenvalue weighted by Crippen LogP contribution is -2.01. The van der Waals surface area contributed by atoms with Crippen LogP contribution in [0.2, 0.25) is 0 Å². The molecule has 5 aromatic carbocycles. The van der Waals surface area contributed by atoms with Gasteiger partial charge in [-0.15, -0.1) is 0 Å². The second kappa shape index (κ2) is 11.1. The van der Waals surface area contributed by atoms with Gasteiger partial charge in [-0.3, -0.25) is 0 Å². The summed E-state index contributed by atoms with van der Waals surface area (Å²) in [5, 5.41) is 25.4. The summed E-state index contributed by atoms with van der Waals surface area (Å²) in [5.41, 5.74) is 4.85. The van der Waals surface area contributed by atoms with E-state index in [9.17, 15) is 10.2 Å². The molecular formula is C35H36O2. The van der Waals surface area contributed by atoms with Crippen LogP contribution in [0.1, 0.15) is 73.6 Å². The van der Waals surface area contributed by atoms with E-state index in [4.69, 9.17) is 0 Å². The Morgan fingerprint density at radius 2 is 1.30 bits per heavy atom.